The van der Waals surface area contributed by atoms with Gasteiger partial charge in [0.2, 0.25) is 0 Å². The summed E-state index contributed by atoms with van der Waals surface area (Å²) in [4.78, 5) is 11.2. The average molecular weight is 411 g/mol. The van der Waals surface area contributed by atoms with Crippen molar-refractivity contribution in [2.75, 3.05) is 0 Å². The Morgan fingerprint density at radius 1 is 0.567 bits per heavy atom. The van der Waals surface area contributed by atoms with E-state index in [1.165, 1.54) is 43.2 Å². The summed E-state index contributed by atoms with van der Waals surface area (Å²) in [5.41, 5.74) is 8.66. The molecule has 1 aliphatic carbocycles. The minimum Gasteiger partial charge on any atom is -0.483 e. The molecule has 2 aliphatic rings. The zero-order valence-electron chi connectivity index (χ0n) is 16.5. The van der Waals surface area contributed by atoms with Crippen LogP contribution in [-0.4, -0.2) is 11.6 Å². The van der Waals surface area contributed by atoms with Crippen molar-refractivity contribution in [1.29, 1.82) is 0 Å². The number of hydrogen-bond acceptors (Lipinski definition) is 2. The van der Waals surface area contributed by atoms with Gasteiger partial charge in [0.05, 0.1) is 0 Å². The van der Waals surface area contributed by atoms with E-state index >= 15 is 0 Å². The van der Waals surface area contributed by atoms with Crippen LogP contribution in [0.3, 0.4) is 0 Å². The van der Waals surface area contributed by atoms with Crippen molar-refractivity contribution in [3.05, 3.63) is 119 Å². The Hall–Kier alpha value is -3.30. The van der Waals surface area contributed by atoms with Crippen LogP contribution in [0.2, 0.25) is 0 Å². The first-order valence-corrected chi connectivity index (χ1v) is 10.7. The molecule has 2 nitrogen and oxygen atoms in total. The topological polar surface area (TPSA) is 37.3 Å². The Morgan fingerprint density at radius 2 is 0.900 bits per heavy atom. The number of rotatable bonds is 0. The lowest BCUT2D eigenvalue weighted by Crippen LogP contribution is -1.98. The highest BCUT2D eigenvalue weighted by Gasteiger charge is 2.16. The Bertz CT molecular complexity index is 1040. The van der Waals surface area contributed by atoms with Crippen LogP contribution < -0.4 is 0 Å². The molecular formula is C27H22O2S. The Morgan fingerprint density at radius 3 is 1.37 bits per heavy atom. The van der Waals surface area contributed by atoms with E-state index in [-0.39, 0.29) is 6.47 Å². The predicted octanol–water partition coefficient (Wildman–Crippen LogP) is 6.70. The lowest BCUT2D eigenvalue weighted by Gasteiger charge is -2.17. The van der Waals surface area contributed by atoms with Gasteiger partial charge in [-0.1, -0.05) is 96.7 Å². The molecule has 0 radical (unpaired) electrons. The molecule has 4 aromatic rings. The Balaban J connectivity index is 0.000000129. The summed E-state index contributed by atoms with van der Waals surface area (Å²) in [5, 5.41) is 6.89. The third-order valence-electron chi connectivity index (χ3n) is 5.25. The minimum absolute atomic E-state index is 0.250. The summed E-state index contributed by atoms with van der Waals surface area (Å²) in [7, 11) is 0. The second kappa shape index (κ2) is 9.47. The summed E-state index contributed by atoms with van der Waals surface area (Å²) in [6, 6.07) is 34.6. The first-order chi connectivity index (χ1) is 14.8. The zero-order valence-corrected chi connectivity index (χ0v) is 17.3. The van der Waals surface area contributed by atoms with Crippen LogP contribution in [0.1, 0.15) is 22.3 Å². The maximum absolute atomic E-state index is 8.36. The summed E-state index contributed by atoms with van der Waals surface area (Å²) >= 11 is 1.88. The highest BCUT2D eigenvalue weighted by molar-refractivity contribution is 7.99. The summed E-state index contributed by atoms with van der Waals surface area (Å²) in [6.45, 7) is -0.250. The minimum atomic E-state index is -0.250. The maximum Gasteiger partial charge on any atom is 0.290 e. The fourth-order valence-corrected chi connectivity index (χ4v) is 4.97. The summed E-state index contributed by atoms with van der Waals surface area (Å²) in [6.07, 6.45) is 2.19. The molecule has 1 heterocycles. The van der Waals surface area contributed by atoms with E-state index in [1.54, 1.807) is 0 Å². The van der Waals surface area contributed by atoms with Gasteiger partial charge in [-0.3, -0.25) is 4.79 Å². The van der Waals surface area contributed by atoms with Crippen LogP contribution >= 0.6 is 11.8 Å². The number of benzene rings is 4. The van der Waals surface area contributed by atoms with E-state index in [0.717, 1.165) is 12.8 Å². The fourth-order valence-electron chi connectivity index (χ4n) is 3.90. The standard InChI is InChI=1S/C13H10S.C13H10.CH2O2/c1-3-7-12-10(5-1)9-11-6-2-4-8-13(11)14-12;1-3-7-12-10(5-1)9-11-6-2-4-8-13(11)12;2-1-3/h1-8H,9H2;1-8H,9H2;1H,(H,2,3). The average Bonchev–Trinajstić information content (AvgIpc) is 3.17. The molecule has 3 heteroatoms. The molecule has 0 bridgehead atoms. The third-order valence-corrected chi connectivity index (χ3v) is 6.49. The Kier molecular flexibility index (Phi) is 6.31. The van der Waals surface area contributed by atoms with E-state index in [9.17, 15) is 0 Å². The van der Waals surface area contributed by atoms with Gasteiger partial charge in [0.15, 0.2) is 0 Å². The molecular weight excluding hydrogens is 388 g/mol. The van der Waals surface area contributed by atoms with Crippen molar-refractivity contribution in [1.82, 2.24) is 0 Å². The van der Waals surface area contributed by atoms with Crippen molar-refractivity contribution in [2.45, 2.75) is 22.6 Å². The first kappa shape index (κ1) is 20.0. The van der Waals surface area contributed by atoms with Gasteiger partial charge in [-0.05, 0) is 58.4 Å². The molecule has 148 valence electrons. The zero-order chi connectivity index (χ0) is 20.8. The highest BCUT2D eigenvalue weighted by Crippen LogP contribution is 2.39. The molecule has 0 saturated heterocycles. The van der Waals surface area contributed by atoms with Crippen molar-refractivity contribution in [2.24, 2.45) is 0 Å². The van der Waals surface area contributed by atoms with Crippen molar-refractivity contribution < 1.29 is 9.90 Å². The van der Waals surface area contributed by atoms with Crippen LogP contribution in [0.15, 0.2) is 107 Å². The van der Waals surface area contributed by atoms with Crippen molar-refractivity contribution in [3.8, 4) is 11.1 Å². The predicted molar refractivity (Wildman–Crippen MR) is 123 cm³/mol. The number of fused-ring (bicyclic) bond motifs is 5. The largest absolute Gasteiger partial charge is 0.483 e. The molecule has 0 saturated carbocycles. The number of carbonyl (C=O) groups is 1. The molecule has 6 rings (SSSR count). The molecule has 0 unspecified atom stereocenters. The van der Waals surface area contributed by atoms with E-state index in [4.69, 9.17) is 9.90 Å². The van der Waals surface area contributed by atoms with Crippen molar-refractivity contribution in [3.63, 3.8) is 0 Å². The van der Waals surface area contributed by atoms with Gasteiger partial charge in [0.25, 0.3) is 6.47 Å². The van der Waals surface area contributed by atoms with E-state index in [1.807, 2.05) is 11.8 Å². The second-order valence-corrected chi connectivity index (χ2v) is 8.17. The maximum atomic E-state index is 8.36. The van der Waals surface area contributed by atoms with Gasteiger partial charge < -0.3 is 5.11 Å². The van der Waals surface area contributed by atoms with Gasteiger partial charge in [0.1, 0.15) is 0 Å². The van der Waals surface area contributed by atoms with Gasteiger partial charge in [-0.15, -0.1) is 0 Å². The van der Waals surface area contributed by atoms with Gasteiger partial charge in [-0.25, -0.2) is 0 Å². The smallest absolute Gasteiger partial charge is 0.290 e. The van der Waals surface area contributed by atoms with E-state index < -0.39 is 0 Å². The fraction of sp³-hybridized carbons (Fsp3) is 0.0741. The summed E-state index contributed by atoms with van der Waals surface area (Å²) < 4.78 is 0. The van der Waals surface area contributed by atoms with Gasteiger partial charge >= 0.3 is 0 Å². The molecule has 0 aromatic heterocycles. The quantitative estimate of drug-likeness (QED) is 0.283. The monoisotopic (exact) mass is 410 g/mol. The Labute approximate surface area is 181 Å². The molecule has 0 fully saturated rings. The van der Waals surface area contributed by atoms with Crippen molar-refractivity contribution >= 4 is 18.2 Å². The number of carboxylic acid groups (broad SMARTS) is 1. The van der Waals surface area contributed by atoms with Crippen LogP contribution in [0.5, 0.6) is 0 Å². The van der Waals surface area contributed by atoms with Crippen LogP contribution in [0.25, 0.3) is 11.1 Å². The molecule has 0 spiro atoms. The van der Waals surface area contributed by atoms with Gasteiger partial charge in [0, 0.05) is 9.79 Å². The third kappa shape index (κ3) is 4.32. The van der Waals surface area contributed by atoms with E-state index in [0.29, 0.717) is 0 Å². The normalized spacial score (nSPS) is 11.9. The SMILES string of the molecule is O=CO.c1ccc2c(c1)Cc1ccccc1-2.c1ccc2c(c1)Cc1ccccc1S2. The molecule has 0 atom stereocenters. The molecule has 30 heavy (non-hydrogen) atoms. The molecule has 4 aromatic carbocycles. The summed E-state index contributed by atoms with van der Waals surface area (Å²) in [5.74, 6) is 0. The number of hydrogen-bond donors (Lipinski definition) is 1. The molecule has 0 amide bonds. The highest BCUT2D eigenvalue weighted by atomic mass is 32.2. The van der Waals surface area contributed by atoms with Crippen LogP contribution in [0.4, 0.5) is 0 Å². The van der Waals surface area contributed by atoms with Gasteiger partial charge in [-0.2, -0.15) is 0 Å². The molecule has 1 aliphatic heterocycles. The second-order valence-electron chi connectivity index (χ2n) is 7.09. The lowest BCUT2D eigenvalue weighted by molar-refractivity contribution is -0.122. The van der Waals surface area contributed by atoms with Crippen LogP contribution in [-0.2, 0) is 17.6 Å². The van der Waals surface area contributed by atoms with E-state index in [2.05, 4.69) is 97.1 Å². The lowest BCUT2D eigenvalue weighted by atomic mass is 10.0. The molecule has 1 N–H and O–H groups in total. The first-order valence-electron chi connectivity index (χ1n) is 9.88. The van der Waals surface area contributed by atoms with Crippen LogP contribution in [0, 0.1) is 0 Å².